The lowest BCUT2D eigenvalue weighted by Crippen LogP contribution is -2.49. The Balaban J connectivity index is 0.762. The first-order valence-corrected chi connectivity index (χ1v) is 25.8. The second-order valence-electron chi connectivity index (χ2n) is 19.9. The van der Waals surface area contributed by atoms with Crippen molar-refractivity contribution >= 4 is 46.4 Å². The van der Waals surface area contributed by atoms with Gasteiger partial charge in [-0.1, -0.05) is 56.6 Å². The molecule has 0 bridgehead atoms. The van der Waals surface area contributed by atoms with Crippen LogP contribution in [0.3, 0.4) is 0 Å². The Morgan fingerprint density at radius 2 is 1.65 bits per heavy atom. The quantitative estimate of drug-likeness (QED) is 0.108. The number of carbonyl (C=O) groups excluding carboxylic acids is 3. The molecule has 16 nitrogen and oxygen atoms in total. The molecule has 10 rings (SSSR count). The molecule has 18 heteroatoms. The Morgan fingerprint density at radius 3 is 2.38 bits per heavy atom. The number of aliphatic imine (C=N–C) groups is 1. The molecule has 1 aliphatic carbocycles. The Bertz CT molecular complexity index is 3180. The highest BCUT2D eigenvalue weighted by atomic mass is 35.5. The highest BCUT2D eigenvalue weighted by molar-refractivity contribution is 7.15. The van der Waals surface area contributed by atoms with E-state index in [1.807, 2.05) is 117 Å². The normalized spacial score (nSPS) is 20.2. The van der Waals surface area contributed by atoms with Crippen LogP contribution in [0.1, 0.15) is 116 Å². The molecule has 1 saturated heterocycles. The molecule has 0 radical (unpaired) electrons. The van der Waals surface area contributed by atoms with Crippen LogP contribution in [0.5, 0.6) is 5.88 Å². The van der Waals surface area contributed by atoms with Gasteiger partial charge in [-0.3, -0.25) is 28.6 Å². The van der Waals surface area contributed by atoms with E-state index in [4.69, 9.17) is 26.4 Å². The number of thiophene rings is 1. The average Bonchev–Trinajstić information content (AvgIpc) is 4.19. The first-order valence-electron chi connectivity index (χ1n) is 24.6. The van der Waals surface area contributed by atoms with Gasteiger partial charge in [0.25, 0.3) is 0 Å². The van der Waals surface area contributed by atoms with E-state index in [2.05, 4.69) is 51.6 Å². The van der Waals surface area contributed by atoms with Crippen LogP contribution >= 0.6 is 22.9 Å². The van der Waals surface area contributed by atoms with Crippen molar-refractivity contribution in [1.82, 2.24) is 54.6 Å². The van der Waals surface area contributed by atoms with Gasteiger partial charge >= 0.3 is 0 Å². The topological polar surface area (TPSA) is 179 Å². The molecule has 2 N–H and O–H groups in total. The summed E-state index contributed by atoms with van der Waals surface area (Å²) in [6.45, 7) is 16.6. The summed E-state index contributed by atoms with van der Waals surface area (Å²) in [6.07, 6.45) is 10.8. The third-order valence-electron chi connectivity index (χ3n) is 14.3. The van der Waals surface area contributed by atoms with Crippen LogP contribution in [0.2, 0.25) is 5.02 Å². The molecule has 2 fully saturated rings. The number of nitrogens with one attached hydrogen (secondary N) is 2. The van der Waals surface area contributed by atoms with Crippen molar-refractivity contribution in [1.29, 1.82) is 0 Å². The van der Waals surface area contributed by atoms with Crippen molar-refractivity contribution in [2.24, 2.45) is 16.8 Å². The number of imidazole rings is 1. The van der Waals surface area contributed by atoms with E-state index in [9.17, 15) is 14.4 Å². The lowest BCUT2D eigenvalue weighted by atomic mass is 9.89. The van der Waals surface area contributed by atoms with Gasteiger partial charge in [0.15, 0.2) is 5.82 Å². The van der Waals surface area contributed by atoms with Crippen LogP contribution in [0, 0.1) is 39.5 Å². The monoisotopic (exact) mass is 1010 g/mol. The second kappa shape index (κ2) is 19.9. The van der Waals surface area contributed by atoms with Crippen molar-refractivity contribution < 1.29 is 19.1 Å². The standard InChI is InChI=1S/C54H59ClN12O4S/c1-29(2)50(53(70)65-27-30(3)21-45(65)52(69)59-32(5)36-11-15-42(16-12-36)64-20-19-56-34(64)7)66-28-39(26-58-66)38-17-18-57-47(22-38)71-43-23-41(24-43)60-46(68)25-44-51-63-62-35(8)67(51)54-48(31(4)33(6)72-54)49(61-44)37-9-13-40(55)14-10-37/h9-20,22,26,28-30,32,41,43-45,50H,21,23-25,27H2,1-8H3,(H,59,69)(H,60,68)/t30-,32?,41?,43?,44+,45+,50-/m1/s1. The van der Waals surface area contributed by atoms with E-state index < -0.39 is 18.1 Å². The van der Waals surface area contributed by atoms with E-state index in [1.165, 1.54) is 4.88 Å². The fourth-order valence-electron chi connectivity index (χ4n) is 10.2. The van der Waals surface area contributed by atoms with Crippen molar-refractivity contribution in [2.75, 3.05) is 6.54 Å². The number of hydrogen-bond donors (Lipinski definition) is 2. The number of ether oxygens (including phenoxy) is 1. The second-order valence-corrected chi connectivity index (χ2v) is 21.5. The lowest BCUT2D eigenvalue weighted by Gasteiger charge is -2.35. The molecule has 3 aliphatic rings. The maximum absolute atomic E-state index is 14.5. The number of nitrogens with zero attached hydrogens (tertiary/aromatic N) is 10. The van der Waals surface area contributed by atoms with E-state index in [0.29, 0.717) is 42.5 Å². The zero-order chi connectivity index (χ0) is 50.5. The molecule has 7 heterocycles. The minimum absolute atomic E-state index is 0.0748. The van der Waals surface area contributed by atoms with E-state index in [-0.39, 0.29) is 54.2 Å². The summed E-state index contributed by atoms with van der Waals surface area (Å²) in [7, 11) is 0. The molecule has 372 valence electrons. The summed E-state index contributed by atoms with van der Waals surface area (Å²) in [5, 5.41) is 21.7. The Labute approximate surface area is 427 Å². The number of pyridine rings is 1. The third-order valence-corrected chi connectivity index (χ3v) is 15.7. The minimum atomic E-state index is -0.625. The molecule has 0 spiro atoms. The maximum Gasteiger partial charge on any atom is 0.248 e. The minimum Gasteiger partial charge on any atom is -0.474 e. The number of benzene rings is 2. The summed E-state index contributed by atoms with van der Waals surface area (Å²) >= 11 is 7.96. The van der Waals surface area contributed by atoms with Gasteiger partial charge in [-0.15, -0.1) is 21.5 Å². The summed E-state index contributed by atoms with van der Waals surface area (Å²) in [5.74, 6) is 2.34. The first-order chi connectivity index (χ1) is 34.6. The van der Waals surface area contributed by atoms with Crippen molar-refractivity contribution in [2.45, 2.75) is 117 Å². The molecule has 2 aromatic carbocycles. The lowest BCUT2D eigenvalue weighted by molar-refractivity contribution is -0.142. The largest absolute Gasteiger partial charge is 0.474 e. The van der Waals surface area contributed by atoms with Gasteiger partial charge in [0.1, 0.15) is 40.9 Å². The number of likely N-dealkylation sites (tertiary alicyclic amines) is 1. The van der Waals surface area contributed by atoms with E-state index in [1.54, 1.807) is 39.5 Å². The maximum atomic E-state index is 14.5. The van der Waals surface area contributed by atoms with Crippen molar-refractivity contribution in [3.8, 4) is 27.7 Å². The first kappa shape index (κ1) is 48.6. The number of carbonyl (C=O) groups is 3. The van der Waals surface area contributed by atoms with Crippen molar-refractivity contribution in [3.63, 3.8) is 0 Å². The Morgan fingerprint density at radius 1 is 0.889 bits per heavy atom. The Kier molecular flexibility index (Phi) is 13.4. The molecular formula is C54H59ClN12O4S. The molecule has 7 aromatic rings. The predicted molar refractivity (Wildman–Crippen MR) is 277 cm³/mol. The number of hydrogen-bond acceptors (Lipinski definition) is 11. The average molecular weight is 1010 g/mol. The Hall–Kier alpha value is -6.98. The summed E-state index contributed by atoms with van der Waals surface area (Å²) < 4.78 is 12.1. The summed E-state index contributed by atoms with van der Waals surface area (Å²) in [4.78, 5) is 59.2. The molecule has 5 aromatic heterocycles. The molecule has 1 saturated carbocycles. The highest BCUT2D eigenvalue weighted by Crippen LogP contribution is 2.40. The van der Waals surface area contributed by atoms with E-state index in [0.717, 1.165) is 61.4 Å². The number of aryl methyl sites for hydroxylation is 3. The molecule has 5 atom stereocenters. The predicted octanol–water partition coefficient (Wildman–Crippen LogP) is 8.98. The zero-order valence-electron chi connectivity index (χ0n) is 41.7. The number of halogens is 1. The van der Waals surface area contributed by atoms with Gasteiger partial charge < -0.3 is 24.8 Å². The third kappa shape index (κ3) is 9.59. The zero-order valence-corrected chi connectivity index (χ0v) is 43.3. The molecule has 1 unspecified atom stereocenters. The SMILES string of the molecule is Cc1sc2c(c1C)C(c1ccc(Cl)cc1)=N[C@@H](CC(=O)NC1CC(Oc3cc(-c4cnn([C@@H](C(=O)N5C[C@H](C)C[C@H]5C(=O)NC(C)c5ccc(-n6ccnc6C)cc5)C(C)C)c4)ccn3)C1)c1nnc(C)n1-2. The fourth-order valence-corrected chi connectivity index (χ4v) is 11.6. The number of rotatable bonds is 14. The summed E-state index contributed by atoms with van der Waals surface area (Å²) in [6, 6.07) is 17.3. The van der Waals surface area contributed by atoms with Crippen LogP contribution in [-0.2, 0) is 14.4 Å². The van der Waals surface area contributed by atoms with Gasteiger partial charge in [-0.05, 0) is 99.9 Å². The fraction of sp³-hybridized carbons (Fsp3) is 0.389. The van der Waals surface area contributed by atoms with Crippen LogP contribution in [0.15, 0.2) is 96.6 Å². The summed E-state index contributed by atoms with van der Waals surface area (Å²) in [5.41, 5.74) is 7.47. The molecule has 72 heavy (non-hydrogen) atoms. The molecular weight excluding hydrogens is 948 g/mol. The molecule has 2 aliphatic heterocycles. The van der Waals surface area contributed by atoms with E-state index >= 15 is 0 Å². The van der Waals surface area contributed by atoms with Gasteiger partial charge in [0.2, 0.25) is 23.6 Å². The highest BCUT2D eigenvalue weighted by Gasteiger charge is 2.42. The van der Waals surface area contributed by atoms with Crippen LogP contribution in [-0.4, -0.2) is 92.1 Å². The molecule has 3 amide bonds. The number of aromatic nitrogens is 8. The van der Waals surface area contributed by atoms with Gasteiger partial charge in [0, 0.05) is 88.6 Å². The van der Waals surface area contributed by atoms with Crippen LogP contribution in [0.25, 0.3) is 21.8 Å². The number of amides is 3. The van der Waals surface area contributed by atoms with Crippen molar-refractivity contribution in [3.05, 3.63) is 141 Å². The van der Waals surface area contributed by atoms with Gasteiger partial charge in [-0.2, -0.15) is 5.10 Å². The van der Waals surface area contributed by atoms with Gasteiger partial charge in [0.05, 0.1) is 24.4 Å². The smallest absolute Gasteiger partial charge is 0.248 e. The number of fused-ring (bicyclic) bond motifs is 3. The van der Waals surface area contributed by atoms with Crippen LogP contribution in [0.4, 0.5) is 0 Å². The van der Waals surface area contributed by atoms with Crippen LogP contribution < -0.4 is 15.4 Å². The van der Waals surface area contributed by atoms with Gasteiger partial charge in [-0.25, -0.2) is 9.97 Å².